The van der Waals surface area contributed by atoms with Gasteiger partial charge in [0, 0.05) is 13.1 Å². The van der Waals surface area contributed by atoms with Crippen molar-refractivity contribution in [1.29, 1.82) is 0 Å². The van der Waals surface area contributed by atoms with Crippen LogP contribution in [0.4, 0.5) is 0 Å². The zero-order valence-corrected chi connectivity index (χ0v) is 15.7. The van der Waals surface area contributed by atoms with Gasteiger partial charge in [-0.15, -0.1) is 0 Å². The maximum absolute atomic E-state index is 12.6. The highest BCUT2D eigenvalue weighted by Gasteiger charge is 2.30. The molecule has 1 fully saturated rings. The topological polar surface area (TPSA) is 86.6 Å². The SMILES string of the molecule is CC1CN(C(=O)C(C)OC(=O)c2ccc(Cn3cncn3)cc2)CC(C)O1. The van der Waals surface area contributed by atoms with Gasteiger partial charge >= 0.3 is 5.97 Å². The summed E-state index contributed by atoms with van der Waals surface area (Å²) in [5.41, 5.74) is 1.39. The van der Waals surface area contributed by atoms with E-state index in [4.69, 9.17) is 9.47 Å². The molecule has 1 aromatic carbocycles. The zero-order valence-electron chi connectivity index (χ0n) is 15.7. The molecular weight excluding hydrogens is 348 g/mol. The standard InChI is InChI=1S/C19H24N4O4/c1-13-8-22(9-14(2)26-13)18(24)15(3)27-19(25)17-6-4-16(5-7-17)10-23-12-20-11-21-23/h4-7,11-15H,8-10H2,1-3H3. The number of hydrogen-bond acceptors (Lipinski definition) is 6. The van der Waals surface area contributed by atoms with Crippen LogP contribution in [0, 0.1) is 0 Å². The van der Waals surface area contributed by atoms with Crippen LogP contribution in [-0.4, -0.2) is 62.9 Å². The molecule has 0 radical (unpaired) electrons. The van der Waals surface area contributed by atoms with E-state index in [2.05, 4.69) is 10.1 Å². The maximum Gasteiger partial charge on any atom is 0.338 e. The minimum Gasteiger partial charge on any atom is -0.449 e. The predicted octanol–water partition coefficient (Wildman–Crippen LogP) is 1.51. The highest BCUT2D eigenvalue weighted by molar-refractivity contribution is 5.92. The molecule has 1 aliphatic heterocycles. The smallest absolute Gasteiger partial charge is 0.338 e. The van der Waals surface area contributed by atoms with Gasteiger partial charge in [0.25, 0.3) is 5.91 Å². The molecule has 0 aliphatic carbocycles. The number of ether oxygens (including phenoxy) is 2. The number of nitrogens with zero attached hydrogens (tertiary/aromatic N) is 4. The Kier molecular flexibility index (Phi) is 5.85. The van der Waals surface area contributed by atoms with E-state index in [-0.39, 0.29) is 18.1 Å². The molecule has 1 aromatic heterocycles. The summed E-state index contributed by atoms with van der Waals surface area (Å²) in [6, 6.07) is 7.03. The molecule has 3 atom stereocenters. The molecule has 0 N–H and O–H groups in total. The maximum atomic E-state index is 12.6. The second-order valence-corrected chi connectivity index (χ2v) is 6.84. The average molecular weight is 372 g/mol. The molecule has 2 heterocycles. The Bertz CT molecular complexity index is 766. The second-order valence-electron chi connectivity index (χ2n) is 6.84. The summed E-state index contributed by atoms with van der Waals surface area (Å²) < 4.78 is 12.7. The lowest BCUT2D eigenvalue weighted by Gasteiger charge is -2.36. The number of esters is 1. The van der Waals surface area contributed by atoms with Gasteiger partial charge in [0.15, 0.2) is 6.10 Å². The van der Waals surface area contributed by atoms with Crippen molar-refractivity contribution in [3.63, 3.8) is 0 Å². The first kappa shape index (κ1) is 19.0. The van der Waals surface area contributed by atoms with Crippen LogP contribution < -0.4 is 0 Å². The zero-order chi connectivity index (χ0) is 19.4. The van der Waals surface area contributed by atoms with E-state index in [1.54, 1.807) is 35.0 Å². The summed E-state index contributed by atoms with van der Waals surface area (Å²) in [5, 5.41) is 4.05. The van der Waals surface area contributed by atoms with E-state index >= 15 is 0 Å². The Labute approximate surface area is 158 Å². The third kappa shape index (κ3) is 4.91. The molecule has 1 aliphatic rings. The third-order valence-corrected chi connectivity index (χ3v) is 4.36. The van der Waals surface area contributed by atoms with Gasteiger partial charge in [0.2, 0.25) is 0 Å². The first-order chi connectivity index (χ1) is 12.9. The molecule has 3 unspecified atom stereocenters. The molecule has 2 aromatic rings. The highest BCUT2D eigenvalue weighted by Crippen LogP contribution is 2.14. The van der Waals surface area contributed by atoms with Gasteiger partial charge in [0.1, 0.15) is 12.7 Å². The minimum atomic E-state index is -0.843. The van der Waals surface area contributed by atoms with Gasteiger partial charge in [-0.25, -0.2) is 14.5 Å². The molecule has 144 valence electrons. The van der Waals surface area contributed by atoms with Crippen molar-refractivity contribution < 1.29 is 19.1 Å². The molecule has 0 spiro atoms. The van der Waals surface area contributed by atoms with Crippen LogP contribution >= 0.6 is 0 Å². The van der Waals surface area contributed by atoms with E-state index < -0.39 is 12.1 Å². The predicted molar refractivity (Wildman–Crippen MR) is 97.0 cm³/mol. The van der Waals surface area contributed by atoms with Gasteiger partial charge in [0.05, 0.1) is 24.3 Å². The van der Waals surface area contributed by atoms with Crippen LogP contribution in [0.2, 0.25) is 0 Å². The van der Waals surface area contributed by atoms with Crippen LogP contribution in [0.5, 0.6) is 0 Å². The fourth-order valence-corrected chi connectivity index (χ4v) is 3.14. The van der Waals surface area contributed by atoms with Gasteiger partial charge in [-0.2, -0.15) is 5.10 Å². The van der Waals surface area contributed by atoms with E-state index in [0.717, 1.165) is 5.56 Å². The van der Waals surface area contributed by atoms with Crippen molar-refractivity contribution in [2.45, 2.75) is 45.6 Å². The number of aromatic nitrogens is 3. The molecule has 0 bridgehead atoms. The minimum absolute atomic E-state index is 0.0295. The molecule has 3 rings (SSSR count). The normalized spacial score (nSPS) is 20.9. The van der Waals surface area contributed by atoms with Crippen molar-refractivity contribution >= 4 is 11.9 Å². The highest BCUT2D eigenvalue weighted by atomic mass is 16.5. The molecule has 1 amide bonds. The number of amides is 1. The molecular formula is C19H24N4O4. The van der Waals surface area contributed by atoms with Crippen molar-refractivity contribution in [3.8, 4) is 0 Å². The second kappa shape index (κ2) is 8.30. The van der Waals surface area contributed by atoms with E-state index in [1.807, 2.05) is 26.0 Å². The Morgan fingerprint density at radius 2 is 1.89 bits per heavy atom. The Morgan fingerprint density at radius 3 is 2.48 bits per heavy atom. The molecule has 8 nitrogen and oxygen atoms in total. The monoisotopic (exact) mass is 372 g/mol. The summed E-state index contributed by atoms with van der Waals surface area (Å²) in [7, 11) is 0. The van der Waals surface area contributed by atoms with E-state index in [1.165, 1.54) is 6.33 Å². The van der Waals surface area contributed by atoms with Crippen molar-refractivity contribution in [1.82, 2.24) is 19.7 Å². The van der Waals surface area contributed by atoms with Crippen molar-refractivity contribution in [3.05, 3.63) is 48.0 Å². The Hall–Kier alpha value is -2.74. The lowest BCUT2D eigenvalue weighted by atomic mass is 10.1. The molecule has 27 heavy (non-hydrogen) atoms. The summed E-state index contributed by atoms with van der Waals surface area (Å²) in [6.07, 6.45) is 2.20. The third-order valence-electron chi connectivity index (χ3n) is 4.36. The van der Waals surface area contributed by atoms with E-state index in [0.29, 0.717) is 25.2 Å². The first-order valence-corrected chi connectivity index (χ1v) is 8.99. The van der Waals surface area contributed by atoms with Crippen LogP contribution in [0.15, 0.2) is 36.9 Å². The number of hydrogen-bond donors (Lipinski definition) is 0. The number of rotatable bonds is 5. The molecule has 1 saturated heterocycles. The largest absolute Gasteiger partial charge is 0.449 e. The Balaban J connectivity index is 1.56. The summed E-state index contributed by atoms with van der Waals surface area (Å²) in [6.45, 7) is 7.02. The van der Waals surface area contributed by atoms with Crippen LogP contribution in [-0.2, 0) is 20.8 Å². The lowest BCUT2D eigenvalue weighted by Crippen LogP contribution is -2.51. The fourth-order valence-electron chi connectivity index (χ4n) is 3.14. The van der Waals surface area contributed by atoms with Crippen LogP contribution in [0.25, 0.3) is 0 Å². The number of carbonyl (C=O) groups is 2. The van der Waals surface area contributed by atoms with E-state index in [9.17, 15) is 9.59 Å². The lowest BCUT2D eigenvalue weighted by molar-refractivity contribution is -0.151. The fraction of sp³-hybridized carbons (Fsp3) is 0.474. The average Bonchev–Trinajstić information content (AvgIpc) is 3.13. The van der Waals surface area contributed by atoms with Crippen molar-refractivity contribution in [2.75, 3.05) is 13.1 Å². The first-order valence-electron chi connectivity index (χ1n) is 8.99. The molecule has 8 heteroatoms. The van der Waals surface area contributed by atoms with Crippen LogP contribution in [0.1, 0.15) is 36.7 Å². The number of morpholine rings is 1. The van der Waals surface area contributed by atoms with Gasteiger partial charge in [-0.1, -0.05) is 12.1 Å². The van der Waals surface area contributed by atoms with Gasteiger partial charge < -0.3 is 14.4 Å². The number of benzene rings is 1. The summed E-state index contributed by atoms with van der Waals surface area (Å²) in [5.74, 6) is -0.717. The quantitative estimate of drug-likeness (QED) is 0.740. The van der Waals surface area contributed by atoms with Crippen LogP contribution in [0.3, 0.4) is 0 Å². The summed E-state index contributed by atoms with van der Waals surface area (Å²) >= 11 is 0. The number of carbonyl (C=O) groups excluding carboxylic acids is 2. The molecule has 0 saturated carbocycles. The van der Waals surface area contributed by atoms with Gasteiger partial charge in [-0.05, 0) is 38.5 Å². The Morgan fingerprint density at radius 1 is 1.22 bits per heavy atom. The summed E-state index contributed by atoms with van der Waals surface area (Å²) in [4.78, 5) is 30.5. The van der Waals surface area contributed by atoms with Gasteiger partial charge in [-0.3, -0.25) is 4.79 Å². The van der Waals surface area contributed by atoms with Crippen molar-refractivity contribution in [2.24, 2.45) is 0 Å².